The first-order valence-electron chi connectivity index (χ1n) is 14.0. The van der Waals surface area contributed by atoms with Crippen LogP contribution in [0.5, 0.6) is 17.2 Å². The summed E-state index contributed by atoms with van der Waals surface area (Å²) >= 11 is 1.66. The van der Waals surface area contributed by atoms with Gasteiger partial charge in [-0.2, -0.15) is 0 Å². The van der Waals surface area contributed by atoms with E-state index in [0.29, 0.717) is 30.4 Å². The molecule has 0 bridgehead atoms. The molecule has 7 nitrogen and oxygen atoms in total. The van der Waals surface area contributed by atoms with Crippen LogP contribution in [0.1, 0.15) is 30.0 Å². The fourth-order valence-corrected chi connectivity index (χ4v) is 6.09. The number of carboxylic acid groups (broad SMARTS) is 1. The van der Waals surface area contributed by atoms with Gasteiger partial charge in [-0.1, -0.05) is 60.7 Å². The zero-order valence-electron chi connectivity index (χ0n) is 24.5. The molecule has 0 saturated heterocycles. The lowest BCUT2D eigenvalue weighted by Crippen LogP contribution is -2.37. The van der Waals surface area contributed by atoms with Crippen LogP contribution in [0.4, 0.5) is 0 Å². The van der Waals surface area contributed by atoms with Gasteiger partial charge in [-0.05, 0) is 56.7 Å². The minimum absolute atomic E-state index is 0.340. The van der Waals surface area contributed by atoms with E-state index in [9.17, 15) is 9.90 Å². The number of ether oxygens (including phenoxy) is 3. The maximum Gasteiger partial charge on any atom is 0.347 e. The predicted octanol–water partition coefficient (Wildman–Crippen LogP) is 8.10. The van der Waals surface area contributed by atoms with Gasteiger partial charge in [0.15, 0.2) is 17.1 Å². The summed E-state index contributed by atoms with van der Waals surface area (Å²) < 4.78 is 20.2. The Hall–Kier alpha value is -4.82. The first-order valence-corrected chi connectivity index (χ1v) is 14.8. The van der Waals surface area contributed by atoms with Crippen LogP contribution in [0.3, 0.4) is 0 Å². The third-order valence-electron chi connectivity index (χ3n) is 7.49. The number of hydrogen-bond acceptors (Lipinski definition) is 6. The molecular weight excluding hydrogens is 560 g/mol. The quantitative estimate of drug-likeness (QED) is 0.173. The van der Waals surface area contributed by atoms with Crippen molar-refractivity contribution in [3.63, 3.8) is 0 Å². The van der Waals surface area contributed by atoms with Crippen LogP contribution < -0.4 is 14.2 Å². The Morgan fingerprint density at radius 3 is 2.42 bits per heavy atom. The number of rotatable bonds is 10. The highest BCUT2D eigenvalue weighted by atomic mass is 32.1. The number of benzene rings is 4. The van der Waals surface area contributed by atoms with E-state index in [2.05, 4.69) is 29.7 Å². The highest BCUT2D eigenvalue weighted by molar-refractivity contribution is 7.15. The third-order valence-corrected chi connectivity index (χ3v) is 8.55. The molecule has 0 aliphatic carbocycles. The largest absolute Gasteiger partial charge is 0.493 e. The molecule has 2 heterocycles. The second-order valence-corrected chi connectivity index (χ2v) is 12.0. The van der Waals surface area contributed by atoms with Crippen LogP contribution in [-0.4, -0.2) is 33.3 Å². The van der Waals surface area contributed by atoms with Gasteiger partial charge in [0.2, 0.25) is 0 Å². The molecule has 0 spiro atoms. The number of thiazole rings is 1. The number of aryl methyl sites for hydroxylation is 1. The van der Waals surface area contributed by atoms with Gasteiger partial charge in [0.05, 0.1) is 18.3 Å². The van der Waals surface area contributed by atoms with Crippen LogP contribution in [0.2, 0.25) is 0 Å². The van der Waals surface area contributed by atoms with E-state index in [1.807, 2.05) is 72.8 Å². The molecule has 0 atom stereocenters. The predicted molar refractivity (Wildman–Crippen MR) is 171 cm³/mol. The van der Waals surface area contributed by atoms with Crippen LogP contribution in [-0.2, 0) is 17.9 Å². The van der Waals surface area contributed by atoms with E-state index >= 15 is 0 Å². The van der Waals surface area contributed by atoms with E-state index in [4.69, 9.17) is 19.2 Å². The van der Waals surface area contributed by atoms with Crippen molar-refractivity contribution >= 4 is 39.1 Å². The molecule has 218 valence electrons. The molecule has 0 saturated carbocycles. The monoisotopic (exact) mass is 592 g/mol. The molecule has 4 aromatic carbocycles. The standard InChI is InChI=1S/C35H32N2O5S/c1-22-26(36-33(43-22)24-11-6-5-7-12-24)21-41-29-18-17-23(19-31(29)40-4)20-37-27-14-9-8-13-25(27)32-28(37)15-10-16-30(32)42-35(2,3)34(38)39/h5-19H,20-21H2,1-4H3,(H,38,39). The molecular formula is C35H32N2O5S. The van der Waals surface area contributed by atoms with Crippen molar-refractivity contribution in [2.45, 2.75) is 39.5 Å². The SMILES string of the molecule is COc1cc(Cn2c3ccccc3c3c(OC(C)(C)C(=O)O)cccc32)ccc1OCc1nc(-c2ccccc2)sc1C. The highest BCUT2D eigenvalue weighted by Crippen LogP contribution is 2.38. The minimum Gasteiger partial charge on any atom is -0.493 e. The van der Waals surface area contributed by atoms with Gasteiger partial charge in [-0.3, -0.25) is 0 Å². The summed E-state index contributed by atoms with van der Waals surface area (Å²) in [5.74, 6) is 0.800. The number of fused-ring (bicyclic) bond motifs is 3. The summed E-state index contributed by atoms with van der Waals surface area (Å²) in [6.07, 6.45) is 0. The molecule has 6 rings (SSSR count). The van der Waals surface area contributed by atoms with E-state index in [1.54, 1.807) is 32.3 Å². The molecule has 0 unspecified atom stereocenters. The maximum absolute atomic E-state index is 11.8. The number of para-hydroxylation sites is 1. The molecule has 6 aromatic rings. The maximum atomic E-state index is 11.8. The van der Waals surface area contributed by atoms with Gasteiger partial charge in [-0.25, -0.2) is 9.78 Å². The average Bonchev–Trinajstić information content (AvgIpc) is 3.54. The Balaban J connectivity index is 1.29. The van der Waals surface area contributed by atoms with Gasteiger partial charge < -0.3 is 23.9 Å². The number of aliphatic carboxylic acids is 1. The van der Waals surface area contributed by atoms with Gasteiger partial charge in [0.25, 0.3) is 0 Å². The van der Waals surface area contributed by atoms with Crippen molar-refractivity contribution in [1.82, 2.24) is 9.55 Å². The number of hydrogen-bond donors (Lipinski definition) is 1. The Morgan fingerprint density at radius 2 is 1.65 bits per heavy atom. The molecule has 0 aliphatic heterocycles. The smallest absolute Gasteiger partial charge is 0.347 e. The Morgan fingerprint density at radius 1 is 0.907 bits per heavy atom. The summed E-state index contributed by atoms with van der Waals surface area (Å²) in [4.78, 5) is 17.8. The highest BCUT2D eigenvalue weighted by Gasteiger charge is 2.30. The molecule has 8 heteroatoms. The second kappa shape index (κ2) is 11.5. The van der Waals surface area contributed by atoms with Gasteiger partial charge in [-0.15, -0.1) is 11.3 Å². The molecule has 1 N–H and O–H groups in total. The zero-order chi connectivity index (χ0) is 30.1. The van der Waals surface area contributed by atoms with Crippen molar-refractivity contribution < 1.29 is 24.1 Å². The van der Waals surface area contributed by atoms with E-state index in [0.717, 1.165) is 48.5 Å². The lowest BCUT2D eigenvalue weighted by molar-refractivity contribution is -0.152. The van der Waals surface area contributed by atoms with Crippen molar-refractivity contribution in [2.24, 2.45) is 0 Å². The van der Waals surface area contributed by atoms with Crippen molar-refractivity contribution in [3.05, 3.63) is 107 Å². The zero-order valence-corrected chi connectivity index (χ0v) is 25.3. The third kappa shape index (κ3) is 5.53. The lowest BCUT2D eigenvalue weighted by Gasteiger charge is -2.22. The van der Waals surface area contributed by atoms with Crippen molar-refractivity contribution in [1.29, 1.82) is 0 Å². The first kappa shape index (κ1) is 28.3. The van der Waals surface area contributed by atoms with Crippen LogP contribution >= 0.6 is 11.3 Å². The molecule has 43 heavy (non-hydrogen) atoms. The fraction of sp³-hybridized carbons (Fsp3) is 0.200. The summed E-state index contributed by atoms with van der Waals surface area (Å²) in [5, 5.41) is 12.5. The molecule has 0 radical (unpaired) electrons. The molecule has 0 fully saturated rings. The Bertz CT molecular complexity index is 1940. The van der Waals surface area contributed by atoms with Gasteiger partial charge in [0.1, 0.15) is 17.4 Å². The number of carbonyl (C=O) groups is 1. The number of carboxylic acids is 1. The lowest BCUT2D eigenvalue weighted by atomic mass is 10.1. The van der Waals surface area contributed by atoms with E-state index < -0.39 is 11.6 Å². The van der Waals surface area contributed by atoms with Gasteiger partial charge in [0, 0.05) is 33.3 Å². The van der Waals surface area contributed by atoms with E-state index in [-0.39, 0.29) is 0 Å². The fourth-order valence-electron chi connectivity index (χ4n) is 5.16. The Kier molecular flexibility index (Phi) is 7.54. The summed E-state index contributed by atoms with van der Waals surface area (Å²) in [5.41, 5.74) is 3.63. The average molecular weight is 593 g/mol. The van der Waals surface area contributed by atoms with Crippen LogP contribution in [0.25, 0.3) is 32.4 Å². The number of aromatic nitrogens is 2. The summed E-state index contributed by atoms with van der Waals surface area (Å²) in [7, 11) is 1.64. The van der Waals surface area contributed by atoms with Crippen LogP contribution in [0, 0.1) is 6.92 Å². The van der Waals surface area contributed by atoms with Crippen molar-refractivity contribution in [3.8, 4) is 27.8 Å². The normalized spacial score (nSPS) is 11.6. The van der Waals surface area contributed by atoms with E-state index in [1.165, 1.54) is 0 Å². The Labute approximate surface area is 253 Å². The number of nitrogens with zero attached hydrogens (tertiary/aromatic N) is 2. The summed E-state index contributed by atoms with van der Waals surface area (Å²) in [6.45, 7) is 6.08. The van der Waals surface area contributed by atoms with Gasteiger partial charge >= 0.3 is 5.97 Å². The second-order valence-electron chi connectivity index (χ2n) is 10.8. The molecule has 2 aromatic heterocycles. The molecule has 0 amide bonds. The minimum atomic E-state index is -1.37. The summed E-state index contributed by atoms with van der Waals surface area (Å²) in [6, 6.07) is 30.0. The van der Waals surface area contributed by atoms with Crippen LogP contribution in [0.15, 0.2) is 91.0 Å². The van der Waals surface area contributed by atoms with Crippen molar-refractivity contribution in [2.75, 3.05) is 7.11 Å². The number of methoxy groups -OCH3 is 1. The topological polar surface area (TPSA) is 82.8 Å². The molecule has 0 aliphatic rings. The first-order chi connectivity index (χ1) is 20.7.